The minimum atomic E-state index is -0.515. The molecule has 2 saturated heterocycles. The van der Waals surface area contributed by atoms with Crippen LogP contribution in [0.2, 0.25) is 0 Å². The van der Waals surface area contributed by atoms with E-state index in [9.17, 15) is 14.0 Å². The molecule has 8 heteroatoms. The lowest BCUT2D eigenvalue weighted by Crippen LogP contribution is -2.47. The van der Waals surface area contributed by atoms with Gasteiger partial charge in [0, 0.05) is 44.9 Å². The summed E-state index contributed by atoms with van der Waals surface area (Å²) in [4.78, 5) is 27.6. The Hall–Kier alpha value is -2.19. The largest absolute Gasteiger partial charge is 0.396 e. The van der Waals surface area contributed by atoms with Crippen LogP contribution in [0.15, 0.2) is 18.2 Å². The number of carbonyl (C=O) groups is 2. The van der Waals surface area contributed by atoms with Gasteiger partial charge in [0.25, 0.3) is 0 Å². The standard InChI is InChI=1S/C21H31FN4O3/c22-17-15-16(23-18-6-8-20(28)24-21(18)29)5-7-19(17)26-12-10-25(11-13-26)9-3-1-2-4-14-27/h5,7,15,18,23,27H,1-4,6,8-14H2,(H,24,28,29). The van der Waals surface area contributed by atoms with Gasteiger partial charge in [-0.25, -0.2) is 4.39 Å². The predicted molar refractivity (Wildman–Crippen MR) is 110 cm³/mol. The molecule has 160 valence electrons. The first-order chi connectivity index (χ1) is 14.1. The van der Waals surface area contributed by atoms with Gasteiger partial charge in [0.15, 0.2) is 0 Å². The number of nitrogens with zero attached hydrogens (tertiary/aromatic N) is 2. The fourth-order valence-electron chi connectivity index (χ4n) is 3.90. The highest BCUT2D eigenvalue weighted by Crippen LogP contribution is 2.25. The number of halogens is 1. The summed E-state index contributed by atoms with van der Waals surface area (Å²) >= 11 is 0. The first-order valence-corrected chi connectivity index (χ1v) is 10.5. The normalized spacial score (nSPS) is 20.6. The molecule has 1 atom stereocenters. The molecule has 2 amide bonds. The van der Waals surface area contributed by atoms with E-state index in [-0.39, 0.29) is 30.7 Å². The van der Waals surface area contributed by atoms with Crippen molar-refractivity contribution < 1.29 is 19.1 Å². The summed E-state index contributed by atoms with van der Waals surface area (Å²) < 4.78 is 14.7. The molecule has 0 radical (unpaired) electrons. The summed E-state index contributed by atoms with van der Waals surface area (Å²) in [7, 11) is 0. The number of benzene rings is 1. The van der Waals surface area contributed by atoms with Crippen molar-refractivity contribution in [3.05, 3.63) is 24.0 Å². The number of aliphatic hydroxyl groups is 1. The fourth-order valence-corrected chi connectivity index (χ4v) is 3.90. The van der Waals surface area contributed by atoms with Gasteiger partial charge in [-0.1, -0.05) is 12.8 Å². The number of unbranched alkanes of at least 4 members (excludes halogenated alkanes) is 3. The van der Waals surface area contributed by atoms with E-state index in [0.29, 0.717) is 17.8 Å². The number of hydrogen-bond donors (Lipinski definition) is 3. The third-order valence-electron chi connectivity index (χ3n) is 5.62. The number of carbonyl (C=O) groups excluding carboxylic acids is 2. The summed E-state index contributed by atoms with van der Waals surface area (Å²) in [5.41, 5.74) is 1.13. The molecular weight excluding hydrogens is 375 g/mol. The van der Waals surface area contributed by atoms with Crippen LogP contribution in [-0.2, 0) is 9.59 Å². The van der Waals surface area contributed by atoms with Crippen molar-refractivity contribution in [2.24, 2.45) is 0 Å². The number of rotatable bonds is 9. The molecule has 1 unspecified atom stereocenters. The zero-order valence-corrected chi connectivity index (χ0v) is 16.8. The Morgan fingerprint density at radius 2 is 1.86 bits per heavy atom. The molecule has 0 spiro atoms. The Morgan fingerprint density at radius 3 is 2.55 bits per heavy atom. The number of aliphatic hydroxyl groups excluding tert-OH is 1. The quantitative estimate of drug-likeness (QED) is 0.428. The smallest absolute Gasteiger partial charge is 0.249 e. The molecule has 0 aromatic heterocycles. The minimum Gasteiger partial charge on any atom is -0.396 e. The molecule has 2 aliphatic rings. The van der Waals surface area contributed by atoms with Crippen LogP contribution in [0.4, 0.5) is 15.8 Å². The fraction of sp³-hybridized carbons (Fsp3) is 0.619. The third kappa shape index (κ3) is 6.14. The van der Waals surface area contributed by atoms with Crippen molar-refractivity contribution in [3.63, 3.8) is 0 Å². The molecule has 0 aliphatic carbocycles. The summed E-state index contributed by atoms with van der Waals surface area (Å²) in [6, 6.07) is 4.45. The van der Waals surface area contributed by atoms with Gasteiger partial charge in [-0.05, 0) is 44.0 Å². The molecule has 3 N–H and O–H groups in total. The van der Waals surface area contributed by atoms with E-state index in [0.717, 1.165) is 58.4 Å². The van der Waals surface area contributed by atoms with Crippen molar-refractivity contribution >= 4 is 23.2 Å². The number of amides is 2. The van der Waals surface area contributed by atoms with E-state index in [4.69, 9.17) is 5.11 Å². The maximum absolute atomic E-state index is 14.7. The maximum atomic E-state index is 14.7. The van der Waals surface area contributed by atoms with E-state index >= 15 is 0 Å². The molecule has 2 aliphatic heterocycles. The molecule has 7 nitrogen and oxygen atoms in total. The van der Waals surface area contributed by atoms with E-state index in [2.05, 4.69) is 20.4 Å². The lowest BCUT2D eigenvalue weighted by molar-refractivity contribution is -0.133. The summed E-state index contributed by atoms with van der Waals surface area (Å²) in [6.45, 7) is 4.72. The molecule has 2 heterocycles. The van der Waals surface area contributed by atoms with Crippen molar-refractivity contribution in [2.45, 2.75) is 44.6 Å². The van der Waals surface area contributed by atoms with Crippen molar-refractivity contribution in [1.82, 2.24) is 10.2 Å². The Kier molecular flexibility index (Phi) is 7.83. The van der Waals surface area contributed by atoms with Gasteiger partial charge in [0.1, 0.15) is 11.9 Å². The minimum absolute atomic E-state index is 0.265. The van der Waals surface area contributed by atoms with Gasteiger partial charge in [-0.3, -0.25) is 19.8 Å². The number of hydrogen-bond acceptors (Lipinski definition) is 6. The topological polar surface area (TPSA) is 84.9 Å². The average molecular weight is 407 g/mol. The Labute approximate surface area is 171 Å². The number of anilines is 2. The van der Waals surface area contributed by atoms with E-state index in [1.165, 1.54) is 6.07 Å². The highest BCUT2D eigenvalue weighted by Gasteiger charge is 2.26. The van der Waals surface area contributed by atoms with Gasteiger partial charge in [0.2, 0.25) is 11.8 Å². The molecule has 3 rings (SSSR count). The molecule has 0 bridgehead atoms. The summed E-state index contributed by atoms with van der Waals surface area (Å²) in [5, 5.41) is 14.1. The number of nitrogens with one attached hydrogen (secondary N) is 2. The Bertz CT molecular complexity index is 707. The zero-order valence-electron chi connectivity index (χ0n) is 16.8. The van der Waals surface area contributed by atoms with E-state index in [1.54, 1.807) is 12.1 Å². The third-order valence-corrected chi connectivity index (χ3v) is 5.62. The van der Waals surface area contributed by atoms with Crippen LogP contribution < -0.4 is 15.5 Å². The van der Waals surface area contributed by atoms with Gasteiger partial charge in [-0.15, -0.1) is 0 Å². The molecule has 0 saturated carbocycles. The molecule has 1 aromatic rings. The zero-order chi connectivity index (χ0) is 20.6. The van der Waals surface area contributed by atoms with Crippen molar-refractivity contribution in [2.75, 3.05) is 49.5 Å². The summed E-state index contributed by atoms with van der Waals surface area (Å²) in [5.74, 6) is -0.933. The number of piperidine rings is 1. The van der Waals surface area contributed by atoms with Crippen LogP contribution >= 0.6 is 0 Å². The molecule has 2 fully saturated rings. The van der Waals surface area contributed by atoms with Crippen LogP contribution in [0.1, 0.15) is 38.5 Å². The first-order valence-electron chi connectivity index (χ1n) is 10.5. The van der Waals surface area contributed by atoms with Crippen LogP contribution in [0.3, 0.4) is 0 Å². The van der Waals surface area contributed by atoms with E-state index < -0.39 is 6.04 Å². The van der Waals surface area contributed by atoms with Gasteiger partial charge in [0.05, 0.1) is 5.69 Å². The van der Waals surface area contributed by atoms with Crippen molar-refractivity contribution in [3.8, 4) is 0 Å². The van der Waals surface area contributed by atoms with Crippen LogP contribution in [0.5, 0.6) is 0 Å². The summed E-state index contributed by atoms with van der Waals surface area (Å²) in [6.07, 6.45) is 4.92. The van der Waals surface area contributed by atoms with Gasteiger partial charge >= 0.3 is 0 Å². The SMILES string of the molecule is O=C1CCC(Nc2ccc(N3CCN(CCCCCCO)CC3)c(F)c2)C(=O)N1. The average Bonchev–Trinajstić information content (AvgIpc) is 2.71. The van der Waals surface area contributed by atoms with Crippen LogP contribution in [0.25, 0.3) is 0 Å². The second-order valence-electron chi connectivity index (χ2n) is 7.78. The maximum Gasteiger partial charge on any atom is 0.249 e. The van der Waals surface area contributed by atoms with Crippen LogP contribution in [0, 0.1) is 5.82 Å². The number of piperazine rings is 1. The highest BCUT2D eigenvalue weighted by atomic mass is 19.1. The highest BCUT2D eigenvalue weighted by molar-refractivity contribution is 6.01. The molecule has 1 aromatic carbocycles. The predicted octanol–water partition coefficient (Wildman–Crippen LogP) is 1.72. The van der Waals surface area contributed by atoms with Gasteiger partial charge < -0.3 is 15.3 Å². The molecular formula is C21H31FN4O3. The lowest BCUT2D eigenvalue weighted by atomic mass is 10.1. The van der Waals surface area contributed by atoms with Crippen LogP contribution in [-0.4, -0.2) is 67.2 Å². The molecule has 29 heavy (non-hydrogen) atoms. The number of imide groups is 1. The Morgan fingerprint density at radius 1 is 1.10 bits per heavy atom. The first kappa shape index (κ1) is 21.5. The second-order valence-corrected chi connectivity index (χ2v) is 7.78. The van der Waals surface area contributed by atoms with Gasteiger partial charge in [-0.2, -0.15) is 0 Å². The Balaban J connectivity index is 1.47. The van der Waals surface area contributed by atoms with E-state index in [1.807, 2.05) is 0 Å². The second kappa shape index (κ2) is 10.5. The lowest BCUT2D eigenvalue weighted by Gasteiger charge is -2.36. The monoisotopic (exact) mass is 406 g/mol. The van der Waals surface area contributed by atoms with Crippen molar-refractivity contribution in [1.29, 1.82) is 0 Å².